The average molecular weight is 462 g/mol. The van der Waals surface area contributed by atoms with Gasteiger partial charge in [-0.2, -0.15) is 0 Å². The second-order valence-electron chi connectivity index (χ2n) is 9.02. The molecule has 4 rings (SSSR count). The number of nitrogens with one attached hydrogen (secondary N) is 1. The Morgan fingerprint density at radius 1 is 0.909 bits per heavy atom. The summed E-state index contributed by atoms with van der Waals surface area (Å²) in [5.41, 5.74) is 4.90. The lowest BCUT2D eigenvalue weighted by atomic mass is 9.98. The zero-order valence-corrected chi connectivity index (χ0v) is 19.9. The summed E-state index contributed by atoms with van der Waals surface area (Å²) in [4.78, 5) is 24.4. The molecular weight excluding hydrogens is 434 g/mol. The number of amides is 1. The van der Waals surface area contributed by atoms with E-state index in [1.165, 1.54) is 0 Å². The Balaban J connectivity index is 1.44. The number of carbonyl (C=O) groups is 2. The molecule has 1 aliphatic rings. The molecule has 0 aliphatic heterocycles. The molecule has 0 bridgehead atoms. The number of hydrogen-bond acceptors (Lipinski definition) is 4. The minimum Gasteiger partial charge on any atom is -0.544 e. The minimum absolute atomic E-state index is 0.0931. The van der Waals surface area contributed by atoms with Crippen molar-refractivity contribution in [1.29, 1.82) is 0 Å². The summed E-state index contributed by atoms with van der Waals surface area (Å²) in [5.74, 6) is -0.574. The molecule has 0 heterocycles. The minimum atomic E-state index is -1.77. The normalized spacial score (nSPS) is 13.5. The fourth-order valence-corrected chi connectivity index (χ4v) is 4.97. The molecule has 0 radical (unpaired) electrons. The molecule has 0 saturated carbocycles. The van der Waals surface area contributed by atoms with Gasteiger partial charge in [-0.25, -0.2) is 9.59 Å². The number of carboxylic acids is 1. The van der Waals surface area contributed by atoms with Crippen LogP contribution in [0.2, 0.25) is 19.6 Å². The first-order chi connectivity index (χ1) is 15.7. The van der Waals surface area contributed by atoms with Gasteiger partial charge in [0.1, 0.15) is 12.4 Å². The van der Waals surface area contributed by atoms with Crippen molar-refractivity contribution in [2.75, 3.05) is 6.61 Å². The molecule has 7 heteroatoms. The summed E-state index contributed by atoms with van der Waals surface area (Å²) in [6.45, 7) is 6.33. The highest BCUT2D eigenvalue weighted by Gasteiger charge is 2.30. The van der Waals surface area contributed by atoms with Crippen LogP contribution >= 0.6 is 0 Å². The van der Waals surface area contributed by atoms with E-state index in [0.29, 0.717) is 11.3 Å². The summed E-state index contributed by atoms with van der Waals surface area (Å²) in [7, 11) is -1.77. The van der Waals surface area contributed by atoms with Crippen LogP contribution in [-0.2, 0) is 9.53 Å². The van der Waals surface area contributed by atoms with E-state index in [4.69, 9.17) is 9.16 Å². The van der Waals surface area contributed by atoms with Crippen molar-refractivity contribution in [3.05, 3.63) is 89.5 Å². The van der Waals surface area contributed by atoms with Crippen LogP contribution in [0.5, 0.6) is 5.75 Å². The lowest BCUT2D eigenvalue weighted by Gasteiger charge is -2.20. The first-order valence-corrected chi connectivity index (χ1v) is 14.3. The van der Waals surface area contributed by atoms with Crippen molar-refractivity contribution >= 4 is 20.4 Å². The number of alkyl carbamates (subject to hydrolysis) is 1. The predicted octanol–water partition coefficient (Wildman–Crippen LogP) is 5.56. The molecule has 3 aromatic carbocycles. The monoisotopic (exact) mass is 461 g/mol. The van der Waals surface area contributed by atoms with Crippen LogP contribution in [0.15, 0.2) is 72.8 Å². The van der Waals surface area contributed by atoms with Crippen LogP contribution < -0.4 is 9.74 Å². The van der Waals surface area contributed by atoms with Gasteiger partial charge in [-0.15, -0.1) is 0 Å². The largest absolute Gasteiger partial charge is 0.544 e. The molecule has 3 aromatic rings. The number of carboxylic acid groups (broad SMARTS) is 1. The maximum Gasteiger partial charge on any atom is 0.408 e. The molecule has 2 N–H and O–H groups in total. The van der Waals surface area contributed by atoms with Gasteiger partial charge in [0.25, 0.3) is 0 Å². The topological polar surface area (TPSA) is 84.9 Å². The highest BCUT2D eigenvalue weighted by molar-refractivity contribution is 6.70. The highest BCUT2D eigenvalue weighted by Crippen LogP contribution is 2.44. The number of ether oxygens (including phenoxy) is 1. The van der Waals surface area contributed by atoms with Gasteiger partial charge in [0.05, 0.1) is 0 Å². The Bertz CT molecular complexity index is 1120. The van der Waals surface area contributed by atoms with Gasteiger partial charge in [0, 0.05) is 5.92 Å². The molecule has 0 fully saturated rings. The third-order valence-electron chi connectivity index (χ3n) is 5.49. The van der Waals surface area contributed by atoms with Gasteiger partial charge >= 0.3 is 12.1 Å². The first kappa shape index (κ1) is 22.6. The third kappa shape index (κ3) is 5.09. The second-order valence-corrected chi connectivity index (χ2v) is 13.5. The zero-order valence-electron chi connectivity index (χ0n) is 18.9. The number of carbonyl (C=O) groups excluding carboxylic acids is 1. The van der Waals surface area contributed by atoms with Crippen molar-refractivity contribution in [2.45, 2.75) is 31.6 Å². The fraction of sp³-hybridized carbons (Fsp3) is 0.231. The number of fused-ring (bicyclic) bond motifs is 3. The number of aliphatic carboxylic acids is 1. The summed E-state index contributed by atoms with van der Waals surface area (Å²) < 4.78 is 11.4. The maximum atomic E-state index is 12.6. The van der Waals surface area contributed by atoms with Gasteiger partial charge in [-0.3, -0.25) is 0 Å². The lowest BCUT2D eigenvalue weighted by molar-refractivity contribution is -0.139. The molecule has 0 aromatic heterocycles. The van der Waals surface area contributed by atoms with Crippen LogP contribution in [0.1, 0.15) is 28.7 Å². The van der Waals surface area contributed by atoms with Crippen LogP contribution in [-0.4, -0.2) is 32.1 Å². The standard InChI is InChI=1S/C26H27NO5Si/c1-33(2,3)32-18-14-12-17(13-15-18)24(25(28)29)27-26(30)31-16-23-21-10-6-4-8-19(21)20-9-5-7-11-22(20)23/h4-15,23-24H,16H2,1-3H3,(H,27,30)(H,28,29)/t24-/m0/s1. The Kier molecular flexibility index (Phi) is 6.24. The van der Waals surface area contributed by atoms with Crippen LogP contribution in [0.25, 0.3) is 11.1 Å². The van der Waals surface area contributed by atoms with Gasteiger partial charge in [-0.05, 0) is 59.6 Å². The van der Waals surface area contributed by atoms with E-state index in [2.05, 4.69) is 37.1 Å². The molecule has 1 amide bonds. The molecule has 1 atom stereocenters. The molecule has 170 valence electrons. The highest BCUT2D eigenvalue weighted by atomic mass is 28.4. The maximum absolute atomic E-state index is 12.6. The van der Waals surface area contributed by atoms with E-state index >= 15 is 0 Å². The molecule has 0 unspecified atom stereocenters. The average Bonchev–Trinajstić information content (AvgIpc) is 3.09. The van der Waals surface area contributed by atoms with Crippen molar-refractivity contribution in [3.8, 4) is 16.9 Å². The summed E-state index contributed by atoms with van der Waals surface area (Å²) in [6, 6.07) is 21.6. The van der Waals surface area contributed by atoms with Gasteiger partial charge < -0.3 is 19.6 Å². The Labute approximate surface area is 194 Å². The second kappa shape index (κ2) is 9.11. The van der Waals surface area contributed by atoms with Crippen LogP contribution in [0, 0.1) is 0 Å². The van der Waals surface area contributed by atoms with Crippen molar-refractivity contribution in [3.63, 3.8) is 0 Å². The quantitative estimate of drug-likeness (QED) is 0.450. The van der Waals surface area contributed by atoms with E-state index in [9.17, 15) is 14.7 Å². The lowest BCUT2D eigenvalue weighted by Crippen LogP contribution is -2.35. The molecular formula is C26H27NO5Si. The molecule has 1 aliphatic carbocycles. The first-order valence-electron chi connectivity index (χ1n) is 10.9. The van der Waals surface area contributed by atoms with Gasteiger partial charge in [0.15, 0.2) is 6.04 Å². The number of hydrogen-bond donors (Lipinski definition) is 2. The fourth-order valence-electron chi connectivity index (χ4n) is 4.13. The summed E-state index contributed by atoms with van der Waals surface area (Å²) in [5, 5.41) is 12.2. The van der Waals surface area contributed by atoms with Gasteiger partial charge in [0.2, 0.25) is 8.32 Å². The van der Waals surface area contributed by atoms with Crippen molar-refractivity contribution in [2.24, 2.45) is 0 Å². The number of benzene rings is 3. The van der Waals surface area contributed by atoms with Crippen molar-refractivity contribution in [1.82, 2.24) is 5.32 Å². The predicted molar refractivity (Wildman–Crippen MR) is 129 cm³/mol. The zero-order chi connectivity index (χ0) is 23.6. The van der Waals surface area contributed by atoms with E-state index in [-0.39, 0.29) is 12.5 Å². The molecule has 0 saturated heterocycles. The third-order valence-corrected chi connectivity index (χ3v) is 6.34. The van der Waals surface area contributed by atoms with E-state index < -0.39 is 26.4 Å². The SMILES string of the molecule is C[Si](C)(C)Oc1ccc([C@H](NC(=O)OCC2c3ccccc3-c3ccccc32)C(=O)O)cc1. The van der Waals surface area contributed by atoms with Crippen molar-refractivity contribution < 1.29 is 23.9 Å². The Morgan fingerprint density at radius 2 is 1.45 bits per heavy atom. The van der Waals surface area contributed by atoms with Gasteiger partial charge in [-0.1, -0.05) is 60.7 Å². The Hall–Kier alpha value is -3.58. The molecule has 0 spiro atoms. The summed E-state index contributed by atoms with van der Waals surface area (Å²) >= 11 is 0. The van der Waals surface area contributed by atoms with Crippen LogP contribution in [0.4, 0.5) is 4.79 Å². The van der Waals surface area contributed by atoms with E-state index in [1.807, 2.05) is 36.4 Å². The summed E-state index contributed by atoms with van der Waals surface area (Å²) in [6.07, 6.45) is -0.772. The van der Waals surface area contributed by atoms with E-state index in [0.717, 1.165) is 22.3 Å². The smallest absolute Gasteiger partial charge is 0.408 e. The molecule has 33 heavy (non-hydrogen) atoms. The molecule has 6 nitrogen and oxygen atoms in total. The van der Waals surface area contributed by atoms with Crippen LogP contribution in [0.3, 0.4) is 0 Å². The van der Waals surface area contributed by atoms with E-state index in [1.54, 1.807) is 24.3 Å². The Morgan fingerprint density at radius 3 is 1.97 bits per heavy atom. The number of rotatable bonds is 7.